The van der Waals surface area contributed by atoms with Crippen LogP contribution in [-0.2, 0) is 10.0 Å². The molecule has 0 saturated carbocycles. The van der Waals surface area contributed by atoms with Gasteiger partial charge in [-0.05, 0) is 47.1 Å². The number of oxazole rings is 1. The second kappa shape index (κ2) is 5.82. The first-order valence-corrected chi connectivity index (χ1v) is 9.60. The highest BCUT2D eigenvalue weighted by atomic mass is 79.9. The Morgan fingerprint density at radius 3 is 2.60 bits per heavy atom. The Morgan fingerprint density at radius 2 is 1.92 bits per heavy atom. The minimum Gasteiger partial charge on any atom is -0.443 e. The predicted molar refractivity (Wildman–Crippen MR) is 96.7 cm³/mol. The second-order valence-corrected chi connectivity index (χ2v) is 8.13. The maximum absolute atomic E-state index is 13.1. The van der Waals surface area contributed by atoms with Crippen molar-refractivity contribution in [3.63, 3.8) is 0 Å². The van der Waals surface area contributed by atoms with E-state index in [0.717, 1.165) is 5.56 Å². The van der Waals surface area contributed by atoms with Gasteiger partial charge in [-0.2, -0.15) is 0 Å². The fourth-order valence-corrected chi connectivity index (χ4v) is 4.17. The number of fused-ring (bicyclic) bond motifs is 1. The Hall–Kier alpha value is -2.45. The van der Waals surface area contributed by atoms with Crippen LogP contribution in [0.2, 0.25) is 0 Å². The number of aromatic nitrogens is 3. The Morgan fingerprint density at radius 1 is 1.16 bits per heavy atom. The Labute approximate surface area is 152 Å². The van der Waals surface area contributed by atoms with Crippen LogP contribution in [-0.4, -0.2) is 22.4 Å². The third kappa shape index (κ3) is 2.67. The van der Waals surface area contributed by atoms with Crippen LogP contribution in [0.5, 0.6) is 0 Å². The summed E-state index contributed by atoms with van der Waals surface area (Å²) in [5.41, 5.74) is 1.87. The van der Waals surface area contributed by atoms with E-state index in [1.807, 2.05) is 6.92 Å². The SMILES string of the molecule is Cc1ccc(S(=O)(=O)n2cc(-c3nc(Br)co3)c3cccnc32)cc1. The van der Waals surface area contributed by atoms with Crippen LogP contribution in [0.4, 0.5) is 0 Å². The molecule has 25 heavy (non-hydrogen) atoms. The topological polar surface area (TPSA) is 78.0 Å². The van der Waals surface area contributed by atoms with E-state index in [4.69, 9.17) is 4.42 Å². The van der Waals surface area contributed by atoms with Gasteiger partial charge in [0.25, 0.3) is 10.0 Å². The third-order valence-electron chi connectivity index (χ3n) is 3.82. The molecule has 3 heterocycles. The molecular weight excluding hydrogens is 406 g/mol. The van der Waals surface area contributed by atoms with E-state index < -0.39 is 10.0 Å². The van der Waals surface area contributed by atoms with Gasteiger partial charge >= 0.3 is 0 Å². The lowest BCUT2D eigenvalue weighted by Crippen LogP contribution is -2.12. The summed E-state index contributed by atoms with van der Waals surface area (Å²) in [6, 6.07) is 10.2. The molecule has 0 saturated heterocycles. The average molecular weight is 418 g/mol. The van der Waals surface area contributed by atoms with E-state index in [2.05, 4.69) is 25.9 Å². The summed E-state index contributed by atoms with van der Waals surface area (Å²) in [6.07, 6.45) is 4.49. The second-order valence-electron chi connectivity index (χ2n) is 5.51. The Bertz CT molecular complexity index is 1180. The minimum absolute atomic E-state index is 0.195. The van der Waals surface area contributed by atoms with E-state index in [0.29, 0.717) is 27.1 Å². The standard InChI is InChI=1S/C17H12BrN3O3S/c1-11-4-6-12(7-5-11)25(22,23)21-9-14(17-20-15(18)10-24-17)13-3-2-8-19-16(13)21/h2-10H,1H3. The number of nitrogens with zero attached hydrogens (tertiary/aromatic N) is 3. The van der Waals surface area contributed by atoms with Gasteiger partial charge in [0.2, 0.25) is 5.89 Å². The molecular formula is C17H12BrN3O3S. The third-order valence-corrected chi connectivity index (χ3v) is 5.84. The van der Waals surface area contributed by atoms with Crippen molar-refractivity contribution in [3.05, 3.63) is 65.2 Å². The van der Waals surface area contributed by atoms with Gasteiger partial charge < -0.3 is 4.42 Å². The van der Waals surface area contributed by atoms with Crippen molar-refractivity contribution in [3.8, 4) is 11.5 Å². The summed E-state index contributed by atoms with van der Waals surface area (Å²) in [5, 5.41) is 0.646. The highest BCUT2D eigenvalue weighted by Crippen LogP contribution is 2.32. The van der Waals surface area contributed by atoms with Crippen LogP contribution in [0, 0.1) is 6.92 Å². The molecule has 3 aromatic heterocycles. The molecule has 0 fully saturated rings. The molecule has 1 aromatic carbocycles. The molecule has 4 rings (SSSR count). The van der Waals surface area contributed by atoms with Crippen LogP contribution < -0.4 is 0 Å². The molecule has 0 radical (unpaired) electrons. The number of hydrogen-bond acceptors (Lipinski definition) is 5. The fourth-order valence-electron chi connectivity index (χ4n) is 2.59. The fraction of sp³-hybridized carbons (Fsp3) is 0.0588. The largest absolute Gasteiger partial charge is 0.443 e. The molecule has 0 bridgehead atoms. The van der Waals surface area contributed by atoms with Gasteiger partial charge in [0.15, 0.2) is 5.65 Å². The van der Waals surface area contributed by atoms with Crippen LogP contribution in [0.3, 0.4) is 0 Å². The molecule has 0 aliphatic rings. The number of aryl methyl sites for hydroxylation is 1. The smallest absolute Gasteiger partial charge is 0.269 e. The van der Waals surface area contributed by atoms with Crippen LogP contribution in [0.25, 0.3) is 22.5 Å². The maximum atomic E-state index is 13.1. The molecule has 0 aliphatic heterocycles. The van der Waals surface area contributed by atoms with Gasteiger partial charge in [0.1, 0.15) is 10.9 Å². The highest BCUT2D eigenvalue weighted by molar-refractivity contribution is 9.10. The normalized spacial score (nSPS) is 11.9. The molecule has 0 spiro atoms. The molecule has 0 aliphatic carbocycles. The minimum atomic E-state index is -3.79. The summed E-state index contributed by atoms with van der Waals surface area (Å²) in [4.78, 5) is 8.67. The molecule has 126 valence electrons. The van der Waals surface area contributed by atoms with Crippen molar-refractivity contribution in [2.45, 2.75) is 11.8 Å². The lowest BCUT2D eigenvalue weighted by Gasteiger charge is -2.07. The zero-order valence-corrected chi connectivity index (χ0v) is 15.5. The molecule has 0 unspecified atom stereocenters. The molecule has 4 aromatic rings. The molecule has 0 N–H and O–H groups in total. The van der Waals surface area contributed by atoms with E-state index >= 15 is 0 Å². The number of rotatable bonds is 3. The van der Waals surface area contributed by atoms with Crippen molar-refractivity contribution in [1.29, 1.82) is 0 Å². The van der Waals surface area contributed by atoms with Gasteiger partial charge in [-0.1, -0.05) is 17.7 Å². The lowest BCUT2D eigenvalue weighted by molar-refractivity contribution is 0.574. The average Bonchev–Trinajstić information content (AvgIpc) is 3.19. The number of benzene rings is 1. The Kier molecular flexibility index (Phi) is 3.73. The first-order chi connectivity index (χ1) is 12.0. The van der Waals surface area contributed by atoms with Crippen molar-refractivity contribution in [1.82, 2.24) is 13.9 Å². The van der Waals surface area contributed by atoms with Crippen molar-refractivity contribution in [2.24, 2.45) is 0 Å². The Balaban J connectivity index is 1.98. The van der Waals surface area contributed by atoms with E-state index in [1.165, 1.54) is 16.4 Å². The number of halogens is 1. The summed E-state index contributed by atoms with van der Waals surface area (Å²) < 4.78 is 33.3. The molecule has 8 heteroatoms. The molecule has 6 nitrogen and oxygen atoms in total. The predicted octanol–water partition coefficient (Wildman–Crippen LogP) is 4.00. The summed E-state index contributed by atoms with van der Waals surface area (Å²) in [5.74, 6) is 0.322. The summed E-state index contributed by atoms with van der Waals surface area (Å²) >= 11 is 3.24. The first-order valence-electron chi connectivity index (χ1n) is 7.36. The first kappa shape index (κ1) is 16.0. The van der Waals surface area contributed by atoms with E-state index in [1.54, 1.807) is 42.6 Å². The van der Waals surface area contributed by atoms with Crippen LogP contribution in [0.15, 0.2) is 69.0 Å². The zero-order chi connectivity index (χ0) is 17.6. The lowest BCUT2D eigenvalue weighted by atomic mass is 10.2. The van der Waals surface area contributed by atoms with Crippen molar-refractivity contribution in [2.75, 3.05) is 0 Å². The quantitative estimate of drug-likeness (QED) is 0.503. The van der Waals surface area contributed by atoms with Crippen molar-refractivity contribution >= 4 is 37.0 Å². The number of hydrogen-bond donors (Lipinski definition) is 0. The highest BCUT2D eigenvalue weighted by Gasteiger charge is 2.24. The summed E-state index contributed by atoms with van der Waals surface area (Å²) in [7, 11) is -3.79. The van der Waals surface area contributed by atoms with Crippen LogP contribution >= 0.6 is 15.9 Å². The van der Waals surface area contributed by atoms with E-state index in [-0.39, 0.29) is 4.90 Å². The van der Waals surface area contributed by atoms with Gasteiger partial charge in [-0.25, -0.2) is 22.4 Å². The molecule has 0 atom stereocenters. The van der Waals surface area contributed by atoms with Gasteiger partial charge in [-0.3, -0.25) is 0 Å². The van der Waals surface area contributed by atoms with Gasteiger partial charge in [-0.15, -0.1) is 0 Å². The zero-order valence-electron chi connectivity index (χ0n) is 13.0. The van der Waals surface area contributed by atoms with Gasteiger partial charge in [0.05, 0.1) is 10.5 Å². The monoisotopic (exact) mass is 417 g/mol. The van der Waals surface area contributed by atoms with E-state index in [9.17, 15) is 8.42 Å². The summed E-state index contributed by atoms with van der Waals surface area (Å²) in [6.45, 7) is 1.90. The van der Waals surface area contributed by atoms with Crippen molar-refractivity contribution < 1.29 is 12.8 Å². The maximum Gasteiger partial charge on any atom is 0.269 e. The van der Waals surface area contributed by atoms with Crippen LogP contribution in [0.1, 0.15) is 5.56 Å². The number of pyridine rings is 1. The van der Waals surface area contributed by atoms with Gasteiger partial charge in [0, 0.05) is 17.8 Å². The molecule has 0 amide bonds.